The second-order valence-electron chi connectivity index (χ2n) is 4.06. The number of hydrogen-bond donors (Lipinski definition) is 1. The molecule has 0 bridgehead atoms. The molecule has 0 aliphatic rings. The SMILES string of the molecule is CN(C)CCC/C=N/Nc1ccc(C#N)cc1. The zero-order chi connectivity index (χ0) is 12.5. The summed E-state index contributed by atoms with van der Waals surface area (Å²) in [5, 5.41) is 12.8. The van der Waals surface area contributed by atoms with Gasteiger partial charge in [-0.1, -0.05) is 0 Å². The Kier molecular flexibility index (Phi) is 5.76. The predicted octanol–water partition coefficient (Wildman–Crippen LogP) is 2.30. The van der Waals surface area contributed by atoms with Crippen LogP contribution in [-0.4, -0.2) is 31.8 Å². The first-order valence-corrected chi connectivity index (χ1v) is 5.65. The average molecular weight is 230 g/mol. The number of rotatable bonds is 6. The fraction of sp³-hybridized carbons (Fsp3) is 0.385. The molecule has 0 spiro atoms. The molecule has 0 amide bonds. The van der Waals surface area contributed by atoms with Gasteiger partial charge in [-0.05, 0) is 57.7 Å². The minimum absolute atomic E-state index is 0.658. The van der Waals surface area contributed by atoms with E-state index in [2.05, 4.69) is 35.6 Å². The van der Waals surface area contributed by atoms with Crippen LogP contribution in [0.3, 0.4) is 0 Å². The topological polar surface area (TPSA) is 51.4 Å². The fourth-order valence-corrected chi connectivity index (χ4v) is 1.30. The monoisotopic (exact) mass is 230 g/mol. The lowest BCUT2D eigenvalue weighted by molar-refractivity contribution is 0.404. The molecule has 90 valence electrons. The molecule has 0 fully saturated rings. The van der Waals surface area contributed by atoms with Gasteiger partial charge in [0.1, 0.15) is 0 Å². The van der Waals surface area contributed by atoms with Crippen LogP contribution in [0.2, 0.25) is 0 Å². The number of hydrogen-bond acceptors (Lipinski definition) is 4. The largest absolute Gasteiger partial charge is 0.309 e. The molecule has 0 atom stereocenters. The zero-order valence-electron chi connectivity index (χ0n) is 10.3. The van der Waals surface area contributed by atoms with Crippen molar-refractivity contribution in [1.29, 1.82) is 5.26 Å². The number of nitrogens with one attached hydrogen (secondary N) is 1. The number of anilines is 1. The minimum Gasteiger partial charge on any atom is -0.309 e. The molecule has 0 heterocycles. The van der Waals surface area contributed by atoms with Crippen molar-refractivity contribution in [2.24, 2.45) is 5.10 Å². The quantitative estimate of drug-likeness (QED) is 0.463. The van der Waals surface area contributed by atoms with Crippen molar-refractivity contribution in [3.8, 4) is 6.07 Å². The van der Waals surface area contributed by atoms with Gasteiger partial charge in [0.15, 0.2) is 0 Å². The summed E-state index contributed by atoms with van der Waals surface area (Å²) in [5.74, 6) is 0. The molecule has 0 aliphatic carbocycles. The van der Waals surface area contributed by atoms with Crippen LogP contribution in [0.1, 0.15) is 18.4 Å². The van der Waals surface area contributed by atoms with Crippen molar-refractivity contribution in [3.05, 3.63) is 29.8 Å². The maximum absolute atomic E-state index is 8.64. The van der Waals surface area contributed by atoms with E-state index in [1.165, 1.54) is 0 Å². The number of hydrazone groups is 1. The maximum Gasteiger partial charge on any atom is 0.0991 e. The molecule has 1 aromatic rings. The van der Waals surface area contributed by atoms with Crippen LogP contribution < -0.4 is 5.43 Å². The molecule has 0 unspecified atom stereocenters. The fourth-order valence-electron chi connectivity index (χ4n) is 1.30. The highest BCUT2D eigenvalue weighted by Crippen LogP contribution is 2.08. The highest BCUT2D eigenvalue weighted by atomic mass is 15.3. The Balaban J connectivity index is 2.25. The normalized spacial score (nSPS) is 10.7. The van der Waals surface area contributed by atoms with E-state index in [-0.39, 0.29) is 0 Å². The molecule has 4 heteroatoms. The summed E-state index contributed by atoms with van der Waals surface area (Å²) in [6, 6.07) is 9.30. The van der Waals surface area contributed by atoms with E-state index in [9.17, 15) is 0 Å². The molecule has 0 saturated heterocycles. The molecular formula is C13H18N4. The Bertz CT molecular complexity index is 387. The molecule has 17 heavy (non-hydrogen) atoms. The summed E-state index contributed by atoms with van der Waals surface area (Å²) in [7, 11) is 4.12. The third-order valence-corrected chi connectivity index (χ3v) is 2.24. The summed E-state index contributed by atoms with van der Waals surface area (Å²) < 4.78 is 0. The molecule has 0 aliphatic heterocycles. The van der Waals surface area contributed by atoms with E-state index in [4.69, 9.17) is 5.26 Å². The average Bonchev–Trinajstić information content (AvgIpc) is 2.34. The standard InChI is InChI=1S/C13H18N4/c1-17(2)10-4-3-9-15-16-13-7-5-12(11-14)6-8-13/h5-9,16H,3-4,10H2,1-2H3/b15-9+. The summed E-state index contributed by atoms with van der Waals surface area (Å²) in [5.41, 5.74) is 4.48. The summed E-state index contributed by atoms with van der Waals surface area (Å²) in [4.78, 5) is 2.15. The van der Waals surface area contributed by atoms with Crippen molar-refractivity contribution in [3.63, 3.8) is 0 Å². The van der Waals surface area contributed by atoms with Gasteiger partial charge >= 0.3 is 0 Å². The van der Waals surface area contributed by atoms with E-state index >= 15 is 0 Å². The molecular weight excluding hydrogens is 212 g/mol. The second-order valence-corrected chi connectivity index (χ2v) is 4.06. The van der Waals surface area contributed by atoms with Gasteiger partial charge in [-0.25, -0.2) is 0 Å². The lowest BCUT2D eigenvalue weighted by atomic mass is 10.2. The Labute approximate surface area is 103 Å². The summed E-state index contributed by atoms with van der Waals surface area (Å²) in [6.45, 7) is 1.07. The van der Waals surface area contributed by atoms with Gasteiger partial charge < -0.3 is 4.90 Å². The van der Waals surface area contributed by atoms with E-state index in [1.807, 2.05) is 18.3 Å². The van der Waals surface area contributed by atoms with Crippen LogP contribution in [0.5, 0.6) is 0 Å². The maximum atomic E-state index is 8.64. The van der Waals surface area contributed by atoms with Crippen molar-refractivity contribution >= 4 is 11.9 Å². The zero-order valence-corrected chi connectivity index (χ0v) is 10.3. The van der Waals surface area contributed by atoms with E-state index in [1.54, 1.807) is 12.1 Å². The number of nitriles is 1. The second kappa shape index (κ2) is 7.42. The Morgan fingerprint density at radius 3 is 2.65 bits per heavy atom. The third-order valence-electron chi connectivity index (χ3n) is 2.24. The Morgan fingerprint density at radius 1 is 1.35 bits per heavy atom. The molecule has 1 N–H and O–H groups in total. The first-order chi connectivity index (χ1) is 8.22. The van der Waals surface area contributed by atoms with Crippen LogP contribution >= 0.6 is 0 Å². The molecule has 0 saturated carbocycles. The number of benzene rings is 1. The number of unbranched alkanes of at least 4 members (excludes halogenated alkanes) is 1. The van der Waals surface area contributed by atoms with Crippen LogP contribution in [0, 0.1) is 11.3 Å². The first kappa shape index (κ1) is 13.2. The summed E-state index contributed by atoms with van der Waals surface area (Å²) >= 11 is 0. The lowest BCUT2D eigenvalue weighted by Gasteiger charge is -2.06. The van der Waals surface area contributed by atoms with Crippen molar-refractivity contribution in [1.82, 2.24) is 4.90 Å². The molecule has 0 aromatic heterocycles. The van der Waals surface area contributed by atoms with Crippen LogP contribution in [-0.2, 0) is 0 Å². The van der Waals surface area contributed by atoms with Gasteiger partial charge in [-0.3, -0.25) is 5.43 Å². The minimum atomic E-state index is 0.658. The van der Waals surface area contributed by atoms with Crippen LogP contribution in [0.15, 0.2) is 29.4 Å². The van der Waals surface area contributed by atoms with Crippen molar-refractivity contribution < 1.29 is 0 Å². The van der Waals surface area contributed by atoms with Crippen molar-refractivity contribution in [2.75, 3.05) is 26.1 Å². The Hall–Kier alpha value is -1.86. The highest BCUT2D eigenvalue weighted by Gasteiger charge is 1.91. The predicted molar refractivity (Wildman–Crippen MR) is 71.1 cm³/mol. The van der Waals surface area contributed by atoms with Gasteiger partial charge in [-0.2, -0.15) is 10.4 Å². The van der Waals surface area contributed by atoms with Crippen LogP contribution in [0.4, 0.5) is 5.69 Å². The molecule has 4 nitrogen and oxygen atoms in total. The Morgan fingerprint density at radius 2 is 2.06 bits per heavy atom. The van der Waals surface area contributed by atoms with Crippen LogP contribution in [0.25, 0.3) is 0 Å². The molecule has 1 aromatic carbocycles. The smallest absolute Gasteiger partial charge is 0.0991 e. The van der Waals surface area contributed by atoms with Gasteiger partial charge in [0.2, 0.25) is 0 Å². The highest BCUT2D eigenvalue weighted by molar-refractivity contribution is 5.59. The van der Waals surface area contributed by atoms with Crippen molar-refractivity contribution in [2.45, 2.75) is 12.8 Å². The summed E-state index contributed by atoms with van der Waals surface area (Å²) in [6.07, 6.45) is 3.94. The first-order valence-electron chi connectivity index (χ1n) is 5.65. The molecule has 1 rings (SSSR count). The van der Waals surface area contributed by atoms with E-state index in [0.29, 0.717) is 5.56 Å². The molecule has 0 radical (unpaired) electrons. The van der Waals surface area contributed by atoms with E-state index < -0.39 is 0 Å². The van der Waals surface area contributed by atoms with E-state index in [0.717, 1.165) is 25.1 Å². The van der Waals surface area contributed by atoms with Gasteiger partial charge in [0.05, 0.1) is 17.3 Å². The number of nitrogens with zero attached hydrogens (tertiary/aromatic N) is 3. The lowest BCUT2D eigenvalue weighted by Crippen LogP contribution is -2.12. The van der Waals surface area contributed by atoms with Gasteiger partial charge in [0, 0.05) is 6.21 Å². The van der Waals surface area contributed by atoms with Gasteiger partial charge in [0.25, 0.3) is 0 Å². The van der Waals surface area contributed by atoms with Gasteiger partial charge in [-0.15, -0.1) is 0 Å². The third kappa shape index (κ3) is 5.69.